The van der Waals surface area contributed by atoms with Gasteiger partial charge in [-0.1, -0.05) is 13.8 Å². The van der Waals surface area contributed by atoms with Gasteiger partial charge in [0.15, 0.2) is 6.61 Å². The molecule has 6 heteroatoms. The highest BCUT2D eigenvalue weighted by atomic mass is 19.1. The molecule has 3 nitrogen and oxygen atoms in total. The number of benzene rings is 1. The normalized spacial score (nSPS) is 11.3. The smallest absolute Gasteiger partial charge is 0.344 e. The first-order valence-corrected chi connectivity index (χ1v) is 6.15. The van der Waals surface area contributed by atoms with Crippen LogP contribution >= 0.6 is 0 Å². The third-order valence-corrected chi connectivity index (χ3v) is 2.69. The Morgan fingerprint density at radius 3 is 2.25 bits per heavy atom. The zero-order valence-corrected chi connectivity index (χ0v) is 11.6. The molecule has 0 radical (unpaired) electrons. The number of hydrogen-bond donors (Lipinski definition) is 0. The molecule has 0 spiro atoms. The highest BCUT2D eigenvalue weighted by Gasteiger charge is 2.28. The summed E-state index contributed by atoms with van der Waals surface area (Å²) < 4.78 is 50.1. The minimum atomic E-state index is -1.27. The Balaban J connectivity index is 2.91. The van der Waals surface area contributed by atoms with Crippen LogP contribution in [0.25, 0.3) is 0 Å². The SMILES string of the molecule is CCOC(=O)COc1cc(F)c(C(C)(C)CF)c(F)c1. The van der Waals surface area contributed by atoms with E-state index in [-0.39, 0.29) is 17.9 Å². The van der Waals surface area contributed by atoms with Gasteiger partial charge in [-0.3, -0.25) is 4.39 Å². The lowest BCUT2D eigenvalue weighted by molar-refractivity contribution is -0.145. The quantitative estimate of drug-likeness (QED) is 0.755. The molecule has 0 aromatic heterocycles. The zero-order valence-electron chi connectivity index (χ0n) is 11.6. The third-order valence-electron chi connectivity index (χ3n) is 2.69. The predicted molar refractivity (Wildman–Crippen MR) is 67.5 cm³/mol. The van der Waals surface area contributed by atoms with Crippen LogP contribution in [0.15, 0.2) is 12.1 Å². The van der Waals surface area contributed by atoms with Gasteiger partial charge in [-0.25, -0.2) is 13.6 Å². The Morgan fingerprint density at radius 1 is 1.25 bits per heavy atom. The van der Waals surface area contributed by atoms with Gasteiger partial charge in [0.05, 0.1) is 13.3 Å². The molecule has 0 heterocycles. The number of ether oxygens (including phenoxy) is 2. The Kier molecular flexibility index (Phi) is 5.42. The summed E-state index contributed by atoms with van der Waals surface area (Å²) in [6, 6.07) is 1.85. The Hall–Kier alpha value is -1.72. The standard InChI is InChI=1S/C14H17F3O3/c1-4-19-12(18)7-20-9-5-10(16)13(11(17)6-9)14(2,3)8-15/h5-6H,4,7-8H2,1-3H3. The van der Waals surface area contributed by atoms with E-state index in [2.05, 4.69) is 4.74 Å². The summed E-state index contributed by atoms with van der Waals surface area (Å²) in [4.78, 5) is 11.1. The molecule has 0 unspecified atom stereocenters. The summed E-state index contributed by atoms with van der Waals surface area (Å²) in [7, 11) is 0. The van der Waals surface area contributed by atoms with Gasteiger partial charge in [0, 0.05) is 23.1 Å². The number of alkyl halides is 1. The first-order valence-electron chi connectivity index (χ1n) is 6.15. The van der Waals surface area contributed by atoms with E-state index < -0.39 is 36.3 Å². The number of esters is 1. The number of carbonyl (C=O) groups excluding carboxylic acids is 1. The topological polar surface area (TPSA) is 35.5 Å². The van der Waals surface area contributed by atoms with Crippen LogP contribution in [0.3, 0.4) is 0 Å². The molecule has 0 saturated heterocycles. The maximum absolute atomic E-state index is 13.9. The molecule has 1 rings (SSSR count). The molecule has 0 atom stereocenters. The van der Waals surface area contributed by atoms with Gasteiger partial charge in [-0.05, 0) is 6.92 Å². The lowest BCUT2D eigenvalue weighted by Gasteiger charge is -2.22. The van der Waals surface area contributed by atoms with Crippen molar-refractivity contribution >= 4 is 5.97 Å². The van der Waals surface area contributed by atoms with Crippen LogP contribution in [-0.2, 0) is 14.9 Å². The van der Waals surface area contributed by atoms with Crippen LogP contribution in [-0.4, -0.2) is 25.9 Å². The maximum Gasteiger partial charge on any atom is 0.344 e. The minimum Gasteiger partial charge on any atom is -0.482 e. The van der Waals surface area contributed by atoms with E-state index in [1.54, 1.807) is 6.92 Å². The van der Waals surface area contributed by atoms with Crippen molar-refractivity contribution in [3.05, 3.63) is 29.3 Å². The third kappa shape index (κ3) is 3.88. The molecule has 0 bridgehead atoms. The van der Waals surface area contributed by atoms with E-state index in [9.17, 15) is 18.0 Å². The zero-order chi connectivity index (χ0) is 15.3. The fraction of sp³-hybridized carbons (Fsp3) is 0.500. The molecule has 0 aliphatic heterocycles. The van der Waals surface area contributed by atoms with Gasteiger partial charge in [0.1, 0.15) is 17.4 Å². The lowest BCUT2D eigenvalue weighted by atomic mass is 9.85. The first kappa shape index (κ1) is 16.3. The Labute approximate surface area is 115 Å². The average Bonchev–Trinajstić information content (AvgIpc) is 2.35. The van der Waals surface area contributed by atoms with Crippen molar-refractivity contribution < 1.29 is 27.4 Å². The van der Waals surface area contributed by atoms with Gasteiger partial charge in [-0.15, -0.1) is 0 Å². The average molecular weight is 290 g/mol. The van der Waals surface area contributed by atoms with Crippen molar-refractivity contribution in [2.24, 2.45) is 0 Å². The summed E-state index contributed by atoms with van der Waals surface area (Å²) in [5.74, 6) is -2.61. The molecule has 0 aliphatic rings. The monoisotopic (exact) mass is 290 g/mol. The van der Waals surface area contributed by atoms with Gasteiger partial charge in [-0.2, -0.15) is 0 Å². The molecule has 0 aliphatic carbocycles. The summed E-state index contributed by atoms with van der Waals surface area (Å²) in [5, 5.41) is 0. The van der Waals surface area contributed by atoms with E-state index in [0.717, 1.165) is 12.1 Å². The predicted octanol–water partition coefficient (Wildman–Crippen LogP) is 3.15. The number of halogens is 3. The highest BCUT2D eigenvalue weighted by Crippen LogP contribution is 2.31. The summed E-state index contributed by atoms with van der Waals surface area (Å²) >= 11 is 0. The largest absolute Gasteiger partial charge is 0.482 e. The van der Waals surface area contributed by atoms with Crippen LogP contribution in [0.2, 0.25) is 0 Å². The van der Waals surface area contributed by atoms with Crippen molar-refractivity contribution in [3.8, 4) is 5.75 Å². The second-order valence-corrected chi connectivity index (χ2v) is 4.87. The molecular weight excluding hydrogens is 273 g/mol. The second kappa shape index (κ2) is 6.63. The van der Waals surface area contributed by atoms with Crippen molar-refractivity contribution in [1.29, 1.82) is 0 Å². The number of rotatable bonds is 6. The molecule has 20 heavy (non-hydrogen) atoms. The van der Waals surface area contributed by atoms with E-state index >= 15 is 0 Å². The maximum atomic E-state index is 13.9. The molecule has 112 valence electrons. The first-order chi connectivity index (χ1) is 9.31. The van der Waals surface area contributed by atoms with Crippen molar-refractivity contribution in [3.63, 3.8) is 0 Å². The Morgan fingerprint density at radius 2 is 1.80 bits per heavy atom. The molecule has 0 saturated carbocycles. The summed E-state index contributed by atoms with van der Waals surface area (Å²) in [5.41, 5.74) is -1.61. The summed E-state index contributed by atoms with van der Waals surface area (Å²) in [6.45, 7) is 3.27. The molecule has 0 fully saturated rings. The van der Waals surface area contributed by atoms with Gasteiger partial charge >= 0.3 is 5.97 Å². The molecule has 0 amide bonds. The molecule has 1 aromatic rings. The Bertz CT molecular complexity index is 464. The lowest BCUT2D eigenvalue weighted by Crippen LogP contribution is -2.23. The number of hydrogen-bond acceptors (Lipinski definition) is 3. The van der Waals surface area contributed by atoms with Crippen molar-refractivity contribution in [2.45, 2.75) is 26.2 Å². The number of carbonyl (C=O) groups is 1. The fourth-order valence-electron chi connectivity index (χ4n) is 1.69. The minimum absolute atomic E-state index is 0.147. The highest BCUT2D eigenvalue weighted by molar-refractivity contribution is 5.71. The van der Waals surface area contributed by atoms with Crippen LogP contribution < -0.4 is 4.74 Å². The molecule has 0 N–H and O–H groups in total. The summed E-state index contributed by atoms with van der Waals surface area (Å²) in [6.07, 6.45) is 0. The van der Waals surface area contributed by atoms with E-state index in [0.29, 0.717) is 0 Å². The van der Waals surface area contributed by atoms with Crippen LogP contribution in [0.4, 0.5) is 13.2 Å². The molecule has 1 aromatic carbocycles. The van der Waals surface area contributed by atoms with Crippen LogP contribution in [0, 0.1) is 11.6 Å². The van der Waals surface area contributed by atoms with E-state index in [1.165, 1.54) is 13.8 Å². The van der Waals surface area contributed by atoms with E-state index in [4.69, 9.17) is 4.74 Å². The second-order valence-electron chi connectivity index (χ2n) is 4.87. The van der Waals surface area contributed by atoms with Crippen LogP contribution in [0.1, 0.15) is 26.3 Å². The van der Waals surface area contributed by atoms with Crippen molar-refractivity contribution in [1.82, 2.24) is 0 Å². The van der Waals surface area contributed by atoms with Crippen LogP contribution in [0.5, 0.6) is 5.75 Å². The van der Waals surface area contributed by atoms with Gasteiger partial charge in [0.2, 0.25) is 0 Å². The molecular formula is C14H17F3O3. The fourth-order valence-corrected chi connectivity index (χ4v) is 1.69. The van der Waals surface area contributed by atoms with Crippen molar-refractivity contribution in [2.75, 3.05) is 19.9 Å². The van der Waals surface area contributed by atoms with E-state index in [1.807, 2.05) is 0 Å². The van der Waals surface area contributed by atoms with Gasteiger partial charge < -0.3 is 9.47 Å². The van der Waals surface area contributed by atoms with Gasteiger partial charge in [0.25, 0.3) is 0 Å².